The van der Waals surface area contributed by atoms with Crippen LogP contribution in [0.5, 0.6) is 0 Å². The molecule has 1 aromatic carbocycles. The number of nitrogens with one attached hydrogen (secondary N) is 3. The minimum absolute atomic E-state index is 0.346. The van der Waals surface area contributed by atoms with Crippen LogP contribution in [0.15, 0.2) is 71.5 Å². The van der Waals surface area contributed by atoms with E-state index in [0.717, 1.165) is 5.56 Å². The summed E-state index contributed by atoms with van der Waals surface area (Å²) in [5.74, 6) is -0.318. The number of aromatic amines is 1. The van der Waals surface area contributed by atoms with Crippen molar-refractivity contribution in [2.45, 2.75) is 0 Å². The third-order valence-electron chi connectivity index (χ3n) is 3.74. The lowest BCUT2D eigenvalue weighted by atomic mass is 10.1. The summed E-state index contributed by atoms with van der Waals surface area (Å²) in [5, 5.41) is 0.583. The van der Waals surface area contributed by atoms with Gasteiger partial charge in [-0.2, -0.15) is 0 Å². The van der Waals surface area contributed by atoms with Gasteiger partial charge in [0.15, 0.2) is 10.8 Å². The fourth-order valence-corrected chi connectivity index (χ4v) is 3.43. The van der Waals surface area contributed by atoms with Crippen LogP contribution in [-0.4, -0.2) is 21.8 Å². The maximum absolute atomic E-state index is 12.7. The monoisotopic (exact) mass is 378 g/mol. The SMILES string of the molecule is O=C(NNC(=O)c1sc(-c2ccco2)nc1-c1ccccc1)c1ccc[nH]1. The van der Waals surface area contributed by atoms with Crippen LogP contribution in [0.3, 0.4) is 0 Å². The van der Waals surface area contributed by atoms with Gasteiger partial charge in [-0.1, -0.05) is 30.3 Å². The Morgan fingerprint density at radius 1 is 0.963 bits per heavy atom. The van der Waals surface area contributed by atoms with Gasteiger partial charge in [0.05, 0.1) is 12.0 Å². The van der Waals surface area contributed by atoms with E-state index >= 15 is 0 Å². The van der Waals surface area contributed by atoms with Crippen molar-refractivity contribution >= 4 is 23.2 Å². The second kappa shape index (κ2) is 7.30. The lowest BCUT2D eigenvalue weighted by Crippen LogP contribution is -2.41. The Hall–Kier alpha value is -3.65. The van der Waals surface area contributed by atoms with E-state index in [1.165, 1.54) is 11.3 Å². The van der Waals surface area contributed by atoms with Crippen molar-refractivity contribution in [1.82, 2.24) is 20.8 Å². The molecule has 4 aromatic rings. The number of H-pyrrole nitrogens is 1. The Kier molecular flexibility index (Phi) is 4.54. The van der Waals surface area contributed by atoms with E-state index in [0.29, 0.717) is 27.0 Å². The maximum Gasteiger partial charge on any atom is 0.286 e. The van der Waals surface area contributed by atoms with Crippen LogP contribution in [0.1, 0.15) is 20.2 Å². The van der Waals surface area contributed by atoms with Crippen LogP contribution < -0.4 is 10.9 Å². The highest BCUT2D eigenvalue weighted by molar-refractivity contribution is 7.17. The van der Waals surface area contributed by atoms with Crippen molar-refractivity contribution in [3.63, 3.8) is 0 Å². The molecular formula is C19H14N4O3S. The normalized spacial score (nSPS) is 10.5. The molecule has 0 atom stereocenters. The van der Waals surface area contributed by atoms with E-state index < -0.39 is 11.8 Å². The third-order valence-corrected chi connectivity index (χ3v) is 4.81. The minimum Gasteiger partial charge on any atom is -0.462 e. The highest BCUT2D eigenvalue weighted by Gasteiger charge is 2.21. The van der Waals surface area contributed by atoms with Gasteiger partial charge < -0.3 is 9.40 Å². The van der Waals surface area contributed by atoms with Gasteiger partial charge >= 0.3 is 0 Å². The zero-order valence-corrected chi connectivity index (χ0v) is 14.7. The van der Waals surface area contributed by atoms with Gasteiger partial charge in [0.1, 0.15) is 10.6 Å². The number of rotatable bonds is 4. The molecule has 0 spiro atoms. The summed E-state index contributed by atoms with van der Waals surface area (Å²) in [7, 11) is 0. The topological polar surface area (TPSA) is 100 Å². The third kappa shape index (κ3) is 3.51. The average Bonchev–Trinajstić information content (AvgIpc) is 3.47. The van der Waals surface area contributed by atoms with Crippen molar-refractivity contribution in [3.8, 4) is 22.0 Å². The average molecular weight is 378 g/mol. The molecule has 0 saturated heterocycles. The minimum atomic E-state index is -0.455. The Labute approximate surface area is 158 Å². The molecule has 3 N–H and O–H groups in total. The lowest BCUT2D eigenvalue weighted by Gasteiger charge is -2.06. The Morgan fingerprint density at radius 2 is 1.78 bits per heavy atom. The van der Waals surface area contributed by atoms with Gasteiger partial charge in [-0.15, -0.1) is 11.3 Å². The van der Waals surface area contributed by atoms with Crippen LogP contribution in [-0.2, 0) is 0 Å². The van der Waals surface area contributed by atoms with Crippen molar-refractivity contribution in [3.05, 3.63) is 77.6 Å². The van der Waals surface area contributed by atoms with Gasteiger partial charge in [-0.25, -0.2) is 4.98 Å². The maximum atomic E-state index is 12.7. The fourth-order valence-electron chi connectivity index (χ4n) is 2.48. The molecule has 8 heteroatoms. The van der Waals surface area contributed by atoms with E-state index in [-0.39, 0.29) is 0 Å². The van der Waals surface area contributed by atoms with Crippen molar-refractivity contribution in [2.24, 2.45) is 0 Å². The summed E-state index contributed by atoms with van der Waals surface area (Å²) in [4.78, 5) is 32.4. The smallest absolute Gasteiger partial charge is 0.286 e. The summed E-state index contributed by atoms with van der Waals surface area (Å²) < 4.78 is 5.39. The van der Waals surface area contributed by atoms with Gasteiger partial charge in [0.2, 0.25) is 0 Å². The number of carbonyl (C=O) groups is 2. The molecule has 0 aliphatic carbocycles. The fraction of sp³-hybridized carbons (Fsp3) is 0. The highest BCUT2D eigenvalue weighted by Crippen LogP contribution is 2.33. The van der Waals surface area contributed by atoms with Crippen LogP contribution in [0.4, 0.5) is 0 Å². The second-order valence-electron chi connectivity index (χ2n) is 5.53. The molecule has 0 aliphatic heterocycles. The van der Waals surface area contributed by atoms with E-state index in [4.69, 9.17) is 4.42 Å². The molecular weight excluding hydrogens is 364 g/mol. The standard InChI is InChI=1S/C19H14N4O3S/c24-17(13-8-4-10-20-13)22-23-18(25)16-15(12-6-2-1-3-7-12)21-19(27-16)14-9-5-11-26-14/h1-11,20H,(H,22,24)(H,23,25). The molecule has 0 fully saturated rings. The van der Waals surface area contributed by atoms with Crippen LogP contribution in [0, 0.1) is 0 Å². The van der Waals surface area contributed by atoms with Crippen molar-refractivity contribution < 1.29 is 14.0 Å². The molecule has 3 aromatic heterocycles. The van der Waals surface area contributed by atoms with E-state index in [1.54, 1.807) is 36.7 Å². The zero-order chi connectivity index (χ0) is 18.6. The molecule has 2 amide bonds. The Bertz CT molecular complexity index is 1050. The first-order valence-electron chi connectivity index (χ1n) is 8.06. The summed E-state index contributed by atoms with van der Waals surface area (Å²) in [6.45, 7) is 0. The first kappa shape index (κ1) is 16.8. The molecule has 0 aliphatic rings. The number of hydrogen-bond acceptors (Lipinski definition) is 5. The summed E-state index contributed by atoms with van der Waals surface area (Å²) in [6.07, 6.45) is 3.18. The second-order valence-corrected chi connectivity index (χ2v) is 6.53. The van der Waals surface area contributed by atoms with E-state index in [9.17, 15) is 9.59 Å². The quantitative estimate of drug-likeness (QED) is 0.473. The summed E-state index contributed by atoms with van der Waals surface area (Å²) in [5.41, 5.74) is 6.50. The lowest BCUT2D eigenvalue weighted by molar-refractivity contribution is 0.0846. The van der Waals surface area contributed by atoms with Crippen LogP contribution in [0.25, 0.3) is 22.0 Å². The molecule has 0 unspecified atom stereocenters. The van der Waals surface area contributed by atoms with Crippen LogP contribution >= 0.6 is 11.3 Å². The van der Waals surface area contributed by atoms with Crippen molar-refractivity contribution in [2.75, 3.05) is 0 Å². The Balaban J connectivity index is 1.62. The van der Waals surface area contributed by atoms with Crippen LogP contribution in [0.2, 0.25) is 0 Å². The predicted octanol–water partition coefficient (Wildman–Crippen LogP) is 3.47. The Morgan fingerprint density at radius 3 is 2.48 bits per heavy atom. The predicted molar refractivity (Wildman–Crippen MR) is 101 cm³/mol. The number of thiazole rings is 1. The molecule has 0 radical (unpaired) electrons. The number of nitrogens with zero attached hydrogens (tertiary/aromatic N) is 1. The van der Waals surface area contributed by atoms with E-state index in [1.807, 2.05) is 30.3 Å². The first-order chi connectivity index (χ1) is 13.2. The van der Waals surface area contributed by atoms with Gasteiger partial charge in [0, 0.05) is 11.8 Å². The van der Waals surface area contributed by atoms with Gasteiger partial charge in [-0.05, 0) is 24.3 Å². The summed E-state index contributed by atoms with van der Waals surface area (Å²) >= 11 is 1.19. The molecule has 4 rings (SSSR count). The van der Waals surface area contributed by atoms with Crippen molar-refractivity contribution in [1.29, 1.82) is 0 Å². The number of amides is 2. The molecule has 3 heterocycles. The number of aromatic nitrogens is 2. The molecule has 0 bridgehead atoms. The largest absolute Gasteiger partial charge is 0.462 e. The molecule has 7 nitrogen and oxygen atoms in total. The van der Waals surface area contributed by atoms with Gasteiger partial charge in [-0.3, -0.25) is 20.4 Å². The highest BCUT2D eigenvalue weighted by atomic mass is 32.1. The molecule has 27 heavy (non-hydrogen) atoms. The zero-order valence-electron chi connectivity index (χ0n) is 13.9. The van der Waals surface area contributed by atoms with Gasteiger partial charge in [0.25, 0.3) is 11.8 Å². The number of hydrogen-bond donors (Lipinski definition) is 3. The number of hydrazine groups is 1. The number of benzene rings is 1. The van der Waals surface area contributed by atoms with E-state index in [2.05, 4.69) is 20.8 Å². The number of carbonyl (C=O) groups excluding carboxylic acids is 2. The molecule has 0 saturated carbocycles. The summed E-state index contributed by atoms with van der Waals surface area (Å²) in [6, 6.07) is 16.2. The first-order valence-corrected chi connectivity index (χ1v) is 8.88. The number of furan rings is 1. The molecule has 134 valence electrons.